The maximum Gasteiger partial charge on any atom is 0.121 e. The molecule has 4 heteroatoms. The SMILES string of the molecule is c1ccc(CCN2CCCC3(CCN(Cc4nc5ccccc5[nH]4)C3)C2)cc1. The molecule has 0 saturated carbocycles. The largest absolute Gasteiger partial charge is 0.341 e. The fourth-order valence-electron chi connectivity index (χ4n) is 5.22. The van der Waals surface area contributed by atoms with Gasteiger partial charge in [0.1, 0.15) is 5.82 Å². The van der Waals surface area contributed by atoms with Crippen LogP contribution in [0.3, 0.4) is 0 Å². The Labute approximate surface area is 167 Å². The molecule has 2 aliphatic rings. The van der Waals surface area contributed by atoms with Crippen molar-refractivity contribution >= 4 is 11.0 Å². The van der Waals surface area contributed by atoms with Crippen molar-refractivity contribution in [3.05, 3.63) is 66.0 Å². The average molecular weight is 375 g/mol. The maximum absolute atomic E-state index is 4.78. The lowest BCUT2D eigenvalue weighted by molar-refractivity contribution is 0.0925. The third-order valence-electron chi connectivity index (χ3n) is 6.63. The van der Waals surface area contributed by atoms with Gasteiger partial charge in [0.2, 0.25) is 0 Å². The van der Waals surface area contributed by atoms with Crippen LogP contribution in [0.2, 0.25) is 0 Å². The number of aromatic nitrogens is 2. The number of H-pyrrole nitrogens is 1. The van der Waals surface area contributed by atoms with Gasteiger partial charge in [0.05, 0.1) is 17.6 Å². The van der Waals surface area contributed by atoms with E-state index in [1.807, 2.05) is 0 Å². The lowest BCUT2D eigenvalue weighted by atomic mass is 9.79. The van der Waals surface area contributed by atoms with E-state index in [4.69, 9.17) is 4.98 Å². The van der Waals surface area contributed by atoms with Crippen molar-refractivity contribution < 1.29 is 0 Å². The van der Waals surface area contributed by atoms with E-state index in [0.717, 1.165) is 23.4 Å². The third-order valence-corrected chi connectivity index (χ3v) is 6.63. The Morgan fingerprint density at radius 2 is 1.71 bits per heavy atom. The molecule has 1 aromatic heterocycles. The summed E-state index contributed by atoms with van der Waals surface area (Å²) in [5.41, 5.74) is 4.17. The topological polar surface area (TPSA) is 35.2 Å². The number of para-hydroxylation sites is 2. The molecule has 1 N–H and O–H groups in total. The number of likely N-dealkylation sites (tertiary alicyclic amines) is 2. The number of benzene rings is 2. The Hall–Kier alpha value is -2.17. The summed E-state index contributed by atoms with van der Waals surface area (Å²) >= 11 is 0. The molecule has 3 aromatic rings. The van der Waals surface area contributed by atoms with E-state index < -0.39 is 0 Å². The summed E-state index contributed by atoms with van der Waals surface area (Å²) in [6.07, 6.45) is 5.22. The molecule has 1 unspecified atom stereocenters. The molecule has 2 saturated heterocycles. The zero-order valence-corrected chi connectivity index (χ0v) is 16.6. The highest BCUT2D eigenvalue weighted by Crippen LogP contribution is 2.39. The molecule has 4 nitrogen and oxygen atoms in total. The smallest absolute Gasteiger partial charge is 0.121 e. The fourth-order valence-corrected chi connectivity index (χ4v) is 5.22. The van der Waals surface area contributed by atoms with Gasteiger partial charge in [-0.1, -0.05) is 42.5 Å². The molecule has 0 radical (unpaired) electrons. The van der Waals surface area contributed by atoms with Crippen LogP contribution >= 0.6 is 0 Å². The van der Waals surface area contributed by atoms with Crippen LogP contribution in [0.4, 0.5) is 0 Å². The van der Waals surface area contributed by atoms with Gasteiger partial charge in [-0.15, -0.1) is 0 Å². The number of rotatable bonds is 5. The minimum absolute atomic E-state index is 0.487. The molecule has 1 atom stereocenters. The Bertz CT molecular complexity index is 886. The van der Waals surface area contributed by atoms with Crippen LogP contribution in [-0.2, 0) is 13.0 Å². The fraction of sp³-hybridized carbons (Fsp3) is 0.458. The Morgan fingerprint density at radius 1 is 0.893 bits per heavy atom. The van der Waals surface area contributed by atoms with Gasteiger partial charge in [-0.05, 0) is 61.9 Å². The molecular weight excluding hydrogens is 344 g/mol. The number of aromatic amines is 1. The normalized spacial score (nSPS) is 23.7. The Balaban J connectivity index is 1.19. The Morgan fingerprint density at radius 3 is 2.61 bits per heavy atom. The molecule has 1 spiro atoms. The van der Waals surface area contributed by atoms with Crippen LogP contribution < -0.4 is 0 Å². The molecule has 2 aliphatic heterocycles. The molecule has 2 fully saturated rings. The van der Waals surface area contributed by atoms with Crippen LogP contribution in [-0.4, -0.2) is 52.5 Å². The number of hydrogen-bond acceptors (Lipinski definition) is 3. The number of hydrogen-bond donors (Lipinski definition) is 1. The molecular formula is C24H30N4. The second kappa shape index (κ2) is 7.69. The third kappa shape index (κ3) is 3.85. The quantitative estimate of drug-likeness (QED) is 0.730. The highest BCUT2D eigenvalue weighted by atomic mass is 15.2. The van der Waals surface area contributed by atoms with Gasteiger partial charge < -0.3 is 9.88 Å². The second-order valence-corrected chi connectivity index (χ2v) is 8.78. The van der Waals surface area contributed by atoms with Gasteiger partial charge in [-0.2, -0.15) is 0 Å². The monoisotopic (exact) mass is 374 g/mol. The zero-order chi connectivity index (χ0) is 18.8. The summed E-state index contributed by atoms with van der Waals surface area (Å²) in [6, 6.07) is 19.3. The van der Waals surface area contributed by atoms with Crippen molar-refractivity contribution in [3.8, 4) is 0 Å². The first-order valence-electron chi connectivity index (χ1n) is 10.7. The van der Waals surface area contributed by atoms with Crippen molar-refractivity contribution in [2.24, 2.45) is 5.41 Å². The molecule has 5 rings (SSSR count). The van der Waals surface area contributed by atoms with Crippen LogP contribution in [0.15, 0.2) is 54.6 Å². The van der Waals surface area contributed by atoms with Crippen molar-refractivity contribution in [1.82, 2.24) is 19.8 Å². The summed E-state index contributed by atoms with van der Waals surface area (Å²) < 4.78 is 0. The van der Waals surface area contributed by atoms with E-state index >= 15 is 0 Å². The predicted molar refractivity (Wildman–Crippen MR) is 114 cm³/mol. The van der Waals surface area contributed by atoms with Crippen molar-refractivity contribution in [2.45, 2.75) is 32.2 Å². The van der Waals surface area contributed by atoms with Gasteiger partial charge in [0.25, 0.3) is 0 Å². The van der Waals surface area contributed by atoms with E-state index in [9.17, 15) is 0 Å². The summed E-state index contributed by atoms with van der Waals surface area (Å²) in [5, 5.41) is 0. The van der Waals surface area contributed by atoms with E-state index in [-0.39, 0.29) is 0 Å². The summed E-state index contributed by atoms with van der Waals surface area (Å²) in [5.74, 6) is 1.11. The van der Waals surface area contributed by atoms with E-state index in [1.54, 1.807) is 0 Å². The van der Waals surface area contributed by atoms with Crippen molar-refractivity contribution in [3.63, 3.8) is 0 Å². The minimum atomic E-state index is 0.487. The van der Waals surface area contributed by atoms with Crippen LogP contribution in [0.1, 0.15) is 30.7 Å². The Kier molecular flexibility index (Phi) is 4.91. The lowest BCUT2D eigenvalue weighted by Gasteiger charge is -2.40. The van der Waals surface area contributed by atoms with Crippen LogP contribution in [0.5, 0.6) is 0 Å². The van der Waals surface area contributed by atoms with Crippen LogP contribution in [0, 0.1) is 5.41 Å². The van der Waals surface area contributed by atoms with Gasteiger partial charge in [-0.3, -0.25) is 4.90 Å². The van der Waals surface area contributed by atoms with Gasteiger partial charge in [-0.25, -0.2) is 4.98 Å². The standard InChI is InChI=1S/C24H30N4/c1-2-7-20(8-3-1)11-15-27-14-6-12-24(18-27)13-16-28(19-24)17-23-25-21-9-4-5-10-22(21)26-23/h1-5,7-10H,6,11-19H2,(H,25,26). The summed E-state index contributed by atoms with van der Waals surface area (Å²) in [7, 11) is 0. The zero-order valence-electron chi connectivity index (χ0n) is 16.6. The van der Waals surface area contributed by atoms with Crippen LogP contribution in [0.25, 0.3) is 11.0 Å². The van der Waals surface area contributed by atoms with Crippen molar-refractivity contribution in [1.29, 1.82) is 0 Å². The molecule has 28 heavy (non-hydrogen) atoms. The minimum Gasteiger partial charge on any atom is -0.341 e. The first kappa shape index (κ1) is 17.9. The van der Waals surface area contributed by atoms with Crippen molar-refractivity contribution in [2.75, 3.05) is 32.7 Å². The van der Waals surface area contributed by atoms with Gasteiger partial charge >= 0.3 is 0 Å². The van der Waals surface area contributed by atoms with Gasteiger partial charge in [0.15, 0.2) is 0 Å². The molecule has 0 bridgehead atoms. The number of fused-ring (bicyclic) bond motifs is 1. The first-order chi connectivity index (χ1) is 13.8. The average Bonchev–Trinajstić information content (AvgIpc) is 3.31. The molecule has 146 valence electrons. The molecule has 0 aliphatic carbocycles. The first-order valence-corrected chi connectivity index (χ1v) is 10.7. The molecule has 2 aromatic carbocycles. The highest BCUT2D eigenvalue weighted by molar-refractivity contribution is 5.74. The van der Waals surface area contributed by atoms with E-state index in [0.29, 0.717) is 5.41 Å². The number of piperidine rings is 1. The predicted octanol–water partition coefficient (Wildman–Crippen LogP) is 4.09. The summed E-state index contributed by atoms with van der Waals surface area (Å²) in [6.45, 7) is 7.07. The summed E-state index contributed by atoms with van der Waals surface area (Å²) in [4.78, 5) is 13.6. The molecule has 3 heterocycles. The number of nitrogens with one attached hydrogen (secondary N) is 1. The lowest BCUT2D eigenvalue weighted by Crippen LogP contribution is -2.45. The van der Waals surface area contributed by atoms with Gasteiger partial charge in [0, 0.05) is 19.6 Å². The highest BCUT2D eigenvalue weighted by Gasteiger charge is 2.41. The maximum atomic E-state index is 4.78. The van der Waals surface area contributed by atoms with E-state index in [1.165, 1.54) is 64.0 Å². The van der Waals surface area contributed by atoms with E-state index in [2.05, 4.69) is 69.4 Å². The number of imidazole rings is 1. The molecule has 0 amide bonds. The number of nitrogens with zero attached hydrogens (tertiary/aromatic N) is 3. The second-order valence-electron chi connectivity index (χ2n) is 8.78.